The van der Waals surface area contributed by atoms with Crippen LogP contribution in [0.25, 0.3) is 0 Å². The number of hydrogen-bond donors (Lipinski definition) is 1. The Balaban J connectivity index is 3.00. The minimum Gasteiger partial charge on any atom is -0.179 e. The quantitative estimate of drug-likeness (QED) is 0.449. The minimum absolute atomic E-state index is 0.533. The molecule has 0 unspecified atom stereocenters. The molecule has 0 nitrogen and oxygen atoms in total. The SMILES string of the molecule is CC(C)(C)CCCCCCCCS. The summed E-state index contributed by atoms with van der Waals surface area (Å²) in [5, 5.41) is 0. The molecule has 0 aromatic carbocycles. The molecule has 1 heteroatoms. The maximum atomic E-state index is 4.20. The van der Waals surface area contributed by atoms with E-state index in [1.165, 1.54) is 44.9 Å². The fraction of sp³-hybridized carbons (Fsp3) is 1.00. The Kier molecular flexibility index (Phi) is 7.93. The van der Waals surface area contributed by atoms with E-state index >= 15 is 0 Å². The van der Waals surface area contributed by atoms with Gasteiger partial charge in [0.15, 0.2) is 0 Å². The summed E-state index contributed by atoms with van der Waals surface area (Å²) in [4.78, 5) is 0. The Bertz CT molecular complexity index is 102. The van der Waals surface area contributed by atoms with Gasteiger partial charge in [0.25, 0.3) is 0 Å². The first kappa shape index (κ1) is 13.4. The third-order valence-corrected chi connectivity index (χ3v) is 2.65. The molecule has 0 amide bonds. The maximum absolute atomic E-state index is 4.20. The largest absolute Gasteiger partial charge is 0.179 e. The molecule has 0 heterocycles. The number of hydrogen-bond acceptors (Lipinski definition) is 1. The van der Waals surface area contributed by atoms with Crippen molar-refractivity contribution in [3.05, 3.63) is 0 Å². The second-order valence-corrected chi connectivity index (χ2v) is 5.60. The van der Waals surface area contributed by atoms with Gasteiger partial charge >= 0.3 is 0 Å². The van der Waals surface area contributed by atoms with Crippen LogP contribution in [0.1, 0.15) is 65.7 Å². The van der Waals surface area contributed by atoms with Gasteiger partial charge in [-0.2, -0.15) is 12.6 Å². The van der Waals surface area contributed by atoms with E-state index in [-0.39, 0.29) is 0 Å². The van der Waals surface area contributed by atoms with E-state index in [1.54, 1.807) is 0 Å². The van der Waals surface area contributed by atoms with Gasteiger partial charge in [0, 0.05) is 0 Å². The normalized spacial score (nSPS) is 12.0. The fourth-order valence-corrected chi connectivity index (χ4v) is 1.70. The highest BCUT2D eigenvalue weighted by Crippen LogP contribution is 2.22. The Morgan fingerprint density at radius 1 is 0.769 bits per heavy atom. The zero-order chi connectivity index (χ0) is 10.2. The first-order valence-electron chi connectivity index (χ1n) is 5.67. The molecule has 0 aliphatic heterocycles. The van der Waals surface area contributed by atoms with Crippen LogP contribution in [-0.4, -0.2) is 5.75 Å². The molecule has 0 aliphatic rings. The third-order valence-electron chi connectivity index (χ3n) is 2.33. The molecule has 0 radical (unpaired) electrons. The molecule has 13 heavy (non-hydrogen) atoms. The molecule has 0 bridgehead atoms. The zero-order valence-corrected chi connectivity index (χ0v) is 10.5. The lowest BCUT2D eigenvalue weighted by atomic mass is 9.89. The molecule has 0 spiro atoms. The van der Waals surface area contributed by atoms with E-state index < -0.39 is 0 Å². The summed E-state index contributed by atoms with van der Waals surface area (Å²) in [5.41, 5.74) is 0.533. The van der Waals surface area contributed by atoms with Gasteiger partial charge in [-0.05, 0) is 24.0 Å². The predicted molar refractivity (Wildman–Crippen MR) is 65.6 cm³/mol. The molecular weight excluding hydrogens is 176 g/mol. The lowest BCUT2D eigenvalue weighted by Gasteiger charge is -2.17. The summed E-state index contributed by atoms with van der Waals surface area (Å²) in [6.07, 6.45) is 9.70. The molecule has 0 aromatic rings. The Hall–Kier alpha value is 0.350. The monoisotopic (exact) mass is 202 g/mol. The highest BCUT2D eigenvalue weighted by molar-refractivity contribution is 7.80. The van der Waals surface area contributed by atoms with E-state index in [0.717, 1.165) is 5.75 Å². The van der Waals surface area contributed by atoms with Crippen LogP contribution in [-0.2, 0) is 0 Å². The molecule has 0 N–H and O–H groups in total. The van der Waals surface area contributed by atoms with E-state index in [1.807, 2.05) is 0 Å². The third kappa shape index (κ3) is 12.4. The van der Waals surface area contributed by atoms with Gasteiger partial charge in [0.2, 0.25) is 0 Å². The summed E-state index contributed by atoms with van der Waals surface area (Å²) in [7, 11) is 0. The van der Waals surface area contributed by atoms with Gasteiger partial charge in [-0.3, -0.25) is 0 Å². The molecule has 0 fully saturated rings. The summed E-state index contributed by atoms with van der Waals surface area (Å²) in [5.74, 6) is 1.06. The summed E-state index contributed by atoms with van der Waals surface area (Å²) in [6.45, 7) is 6.98. The van der Waals surface area contributed by atoms with Gasteiger partial charge in [-0.1, -0.05) is 52.9 Å². The van der Waals surface area contributed by atoms with Crippen LogP contribution < -0.4 is 0 Å². The topological polar surface area (TPSA) is 0 Å². The van der Waals surface area contributed by atoms with Gasteiger partial charge in [-0.15, -0.1) is 0 Å². The van der Waals surface area contributed by atoms with Crippen molar-refractivity contribution in [2.75, 3.05) is 5.75 Å². The van der Waals surface area contributed by atoms with Crippen LogP contribution >= 0.6 is 12.6 Å². The lowest BCUT2D eigenvalue weighted by Crippen LogP contribution is -2.03. The van der Waals surface area contributed by atoms with Crippen molar-refractivity contribution >= 4 is 12.6 Å². The predicted octanol–water partition coefficient (Wildman–Crippen LogP) is 4.69. The van der Waals surface area contributed by atoms with Gasteiger partial charge < -0.3 is 0 Å². The van der Waals surface area contributed by atoms with E-state index in [0.29, 0.717) is 5.41 Å². The van der Waals surface area contributed by atoms with Crippen molar-refractivity contribution in [2.24, 2.45) is 5.41 Å². The minimum atomic E-state index is 0.533. The Morgan fingerprint density at radius 2 is 1.23 bits per heavy atom. The van der Waals surface area contributed by atoms with Crippen molar-refractivity contribution in [1.29, 1.82) is 0 Å². The van der Waals surface area contributed by atoms with Crippen molar-refractivity contribution in [2.45, 2.75) is 65.7 Å². The number of unbranched alkanes of at least 4 members (excludes halogenated alkanes) is 5. The van der Waals surface area contributed by atoms with Crippen LogP contribution in [0, 0.1) is 5.41 Å². The Morgan fingerprint density at radius 3 is 1.69 bits per heavy atom. The molecule has 0 aromatic heterocycles. The summed E-state index contributed by atoms with van der Waals surface area (Å²) in [6, 6.07) is 0. The van der Waals surface area contributed by atoms with Crippen molar-refractivity contribution in [1.82, 2.24) is 0 Å². The molecule has 80 valence electrons. The second-order valence-electron chi connectivity index (χ2n) is 5.16. The average Bonchev–Trinajstić information content (AvgIpc) is 2.01. The molecular formula is C12H26S. The molecule has 0 atom stereocenters. The van der Waals surface area contributed by atoms with Crippen LogP contribution in [0.5, 0.6) is 0 Å². The van der Waals surface area contributed by atoms with E-state index in [4.69, 9.17) is 0 Å². The molecule has 0 rings (SSSR count). The van der Waals surface area contributed by atoms with Crippen LogP contribution in [0.2, 0.25) is 0 Å². The van der Waals surface area contributed by atoms with Gasteiger partial charge in [-0.25, -0.2) is 0 Å². The molecule has 0 saturated carbocycles. The summed E-state index contributed by atoms with van der Waals surface area (Å²) < 4.78 is 0. The highest BCUT2D eigenvalue weighted by Gasteiger charge is 2.08. The summed E-state index contributed by atoms with van der Waals surface area (Å²) >= 11 is 4.20. The highest BCUT2D eigenvalue weighted by atomic mass is 32.1. The lowest BCUT2D eigenvalue weighted by molar-refractivity contribution is 0.356. The smallest absolute Gasteiger partial charge is 0.00979 e. The second kappa shape index (κ2) is 7.73. The van der Waals surface area contributed by atoms with E-state index in [2.05, 4.69) is 33.4 Å². The first-order chi connectivity index (χ1) is 6.06. The molecule has 0 aliphatic carbocycles. The fourth-order valence-electron chi connectivity index (χ4n) is 1.47. The van der Waals surface area contributed by atoms with Crippen LogP contribution in [0.3, 0.4) is 0 Å². The van der Waals surface area contributed by atoms with E-state index in [9.17, 15) is 0 Å². The van der Waals surface area contributed by atoms with Crippen molar-refractivity contribution in [3.63, 3.8) is 0 Å². The number of rotatable bonds is 7. The van der Waals surface area contributed by atoms with Crippen molar-refractivity contribution in [3.8, 4) is 0 Å². The Labute approximate surface area is 89.9 Å². The standard InChI is InChI=1S/C12H26S/c1-12(2,3)10-8-6-4-5-7-9-11-13/h13H,4-11H2,1-3H3. The maximum Gasteiger partial charge on any atom is -0.00979 e. The van der Waals surface area contributed by atoms with Crippen LogP contribution in [0.4, 0.5) is 0 Å². The van der Waals surface area contributed by atoms with Gasteiger partial charge in [0.05, 0.1) is 0 Å². The van der Waals surface area contributed by atoms with Gasteiger partial charge in [0.1, 0.15) is 0 Å². The average molecular weight is 202 g/mol. The molecule has 0 saturated heterocycles. The zero-order valence-electron chi connectivity index (χ0n) is 9.60. The number of thiol groups is 1. The van der Waals surface area contributed by atoms with Crippen LogP contribution in [0.15, 0.2) is 0 Å². The van der Waals surface area contributed by atoms with Crippen molar-refractivity contribution < 1.29 is 0 Å². The first-order valence-corrected chi connectivity index (χ1v) is 6.30.